The van der Waals surface area contributed by atoms with Crippen LogP contribution in [0.25, 0.3) is 0 Å². The molecule has 1 N–H and O–H groups in total. The molecule has 0 saturated carbocycles. The highest BCUT2D eigenvalue weighted by Gasteiger charge is 2.34. The number of unbranched alkanes of at least 4 members (excludes halogenated alkanes) is 5. The molecule has 2 nitrogen and oxygen atoms in total. The van der Waals surface area contributed by atoms with Crippen LogP contribution < -0.4 is 5.32 Å². The first-order valence-corrected chi connectivity index (χ1v) is 7.71. The standard InChI is InChI=1S/C14H20BrF3N2/c1-2-3-4-5-6-7-8-19-13-12(14(16,17)18)9-11(15)10-20-13/h9-10H,2-8H2,1H3,(H,19,20). The molecule has 0 unspecified atom stereocenters. The van der Waals surface area contributed by atoms with E-state index in [1.165, 1.54) is 25.5 Å². The monoisotopic (exact) mass is 352 g/mol. The van der Waals surface area contributed by atoms with Crippen molar-refractivity contribution in [1.29, 1.82) is 0 Å². The van der Waals surface area contributed by atoms with Crippen LogP contribution in [0.2, 0.25) is 0 Å². The van der Waals surface area contributed by atoms with E-state index in [1.807, 2.05) is 0 Å². The van der Waals surface area contributed by atoms with Gasteiger partial charge < -0.3 is 5.32 Å². The second-order valence-electron chi connectivity index (χ2n) is 4.74. The lowest BCUT2D eigenvalue weighted by atomic mass is 10.1. The highest BCUT2D eigenvalue weighted by atomic mass is 79.9. The van der Waals surface area contributed by atoms with Gasteiger partial charge in [-0.05, 0) is 28.4 Å². The van der Waals surface area contributed by atoms with Gasteiger partial charge in [-0.25, -0.2) is 4.98 Å². The summed E-state index contributed by atoms with van der Waals surface area (Å²) in [6.45, 7) is 2.67. The Morgan fingerprint density at radius 2 is 1.80 bits per heavy atom. The Balaban J connectivity index is 2.44. The Labute approximate surface area is 126 Å². The number of anilines is 1. The molecule has 1 heterocycles. The van der Waals surface area contributed by atoms with Crippen molar-refractivity contribution in [3.63, 3.8) is 0 Å². The fourth-order valence-corrected chi connectivity index (χ4v) is 2.24. The van der Waals surface area contributed by atoms with Gasteiger partial charge in [0.2, 0.25) is 0 Å². The highest BCUT2D eigenvalue weighted by molar-refractivity contribution is 9.10. The zero-order valence-electron chi connectivity index (χ0n) is 11.6. The van der Waals surface area contributed by atoms with E-state index < -0.39 is 11.7 Å². The van der Waals surface area contributed by atoms with Crippen molar-refractivity contribution >= 4 is 21.7 Å². The number of hydrogen-bond acceptors (Lipinski definition) is 2. The second kappa shape index (κ2) is 8.49. The first-order valence-electron chi connectivity index (χ1n) is 6.91. The summed E-state index contributed by atoms with van der Waals surface area (Å²) >= 11 is 3.02. The van der Waals surface area contributed by atoms with Crippen LogP contribution in [0.3, 0.4) is 0 Å². The molecule has 0 atom stereocenters. The lowest BCUT2D eigenvalue weighted by Gasteiger charge is -2.13. The van der Waals surface area contributed by atoms with Crippen molar-refractivity contribution in [2.45, 2.75) is 51.6 Å². The number of aromatic nitrogens is 1. The molecule has 0 aliphatic rings. The van der Waals surface area contributed by atoms with Gasteiger partial charge in [-0.3, -0.25) is 0 Å². The molecule has 0 spiro atoms. The van der Waals surface area contributed by atoms with Crippen LogP contribution in [0.1, 0.15) is 51.0 Å². The molecule has 1 aromatic rings. The summed E-state index contributed by atoms with van der Waals surface area (Å²) in [4.78, 5) is 3.81. The number of hydrogen-bond donors (Lipinski definition) is 1. The summed E-state index contributed by atoms with van der Waals surface area (Å²) < 4.78 is 38.9. The summed E-state index contributed by atoms with van der Waals surface area (Å²) in [5, 5.41) is 2.79. The molecule has 0 saturated heterocycles. The predicted molar refractivity (Wildman–Crippen MR) is 78.8 cm³/mol. The van der Waals surface area contributed by atoms with E-state index in [-0.39, 0.29) is 5.82 Å². The molecule has 0 radical (unpaired) electrons. The number of alkyl halides is 3. The second-order valence-corrected chi connectivity index (χ2v) is 5.66. The summed E-state index contributed by atoms with van der Waals surface area (Å²) in [6.07, 6.45) is 3.62. The van der Waals surface area contributed by atoms with Crippen LogP contribution in [0.4, 0.5) is 19.0 Å². The fraction of sp³-hybridized carbons (Fsp3) is 0.643. The average Bonchev–Trinajstić information content (AvgIpc) is 2.38. The lowest BCUT2D eigenvalue weighted by molar-refractivity contribution is -0.137. The SMILES string of the molecule is CCCCCCCCNc1ncc(Br)cc1C(F)(F)F. The van der Waals surface area contributed by atoms with Crippen LogP contribution in [-0.4, -0.2) is 11.5 Å². The number of nitrogens with zero attached hydrogens (tertiary/aromatic N) is 1. The highest BCUT2D eigenvalue weighted by Crippen LogP contribution is 2.35. The first-order chi connectivity index (χ1) is 9.45. The minimum absolute atomic E-state index is 0.0886. The van der Waals surface area contributed by atoms with Crippen LogP contribution in [-0.2, 0) is 6.18 Å². The molecular formula is C14H20BrF3N2. The minimum atomic E-state index is -4.39. The van der Waals surface area contributed by atoms with Crippen molar-refractivity contribution in [2.24, 2.45) is 0 Å². The van der Waals surface area contributed by atoms with Crippen molar-refractivity contribution in [1.82, 2.24) is 4.98 Å². The Hall–Kier alpha value is -0.780. The van der Waals surface area contributed by atoms with Crippen LogP contribution in [0.15, 0.2) is 16.7 Å². The van der Waals surface area contributed by atoms with Gasteiger partial charge in [0.05, 0.1) is 5.56 Å². The number of halogens is 4. The average molecular weight is 353 g/mol. The van der Waals surface area contributed by atoms with Crippen molar-refractivity contribution in [3.8, 4) is 0 Å². The first kappa shape index (κ1) is 17.3. The molecule has 114 valence electrons. The van der Waals surface area contributed by atoms with E-state index in [9.17, 15) is 13.2 Å². The van der Waals surface area contributed by atoms with Gasteiger partial charge in [0, 0.05) is 17.2 Å². The molecule has 0 fully saturated rings. The molecule has 1 aromatic heterocycles. The largest absolute Gasteiger partial charge is 0.419 e. The zero-order chi connectivity index (χ0) is 15.0. The Bertz CT molecular complexity index is 408. The van der Waals surface area contributed by atoms with Gasteiger partial charge in [-0.2, -0.15) is 13.2 Å². The third kappa shape index (κ3) is 6.11. The number of nitrogens with one attached hydrogen (secondary N) is 1. The topological polar surface area (TPSA) is 24.9 Å². The third-order valence-electron chi connectivity index (χ3n) is 2.98. The maximum atomic E-state index is 12.8. The minimum Gasteiger partial charge on any atom is -0.370 e. The lowest BCUT2D eigenvalue weighted by Crippen LogP contribution is -2.13. The Morgan fingerprint density at radius 1 is 1.15 bits per heavy atom. The van der Waals surface area contributed by atoms with Crippen molar-refractivity contribution in [3.05, 3.63) is 22.3 Å². The molecule has 0 bridgehead atoms. The van der Waals surface area contributed by atoms with Crippen LogP contribution in [0.5, 0.6) is 0 Å². The summed E-state index contributed by atoms with van der Waals surface area (Å²) in [5.41, 5.74) is -0.724. The van der Waals surface area contributed by atoms with Gasteiger partial charge >= 0.3 is 6.18 Å². The van der Waals surface area contributed by atoms with Gasteiger partial charge in [0.25, 0.3) is 0 Å². The zero-order valence-corrected chi connectivity index (χ0v) is 13.1. The molecule has 1 rings (SSSR count). The molecular weight excluding hydrogens is 333 g/mol. The van der Waals surface area contributed by atoms with Crippen LogP contribution in [0, 0.1) is 0 Å². The van der Waals surface area contributed by atoms with Crippen LogP contribution >= 0.6 is 15.9 Å². The number of pyridine rings is 1. The predicted octanol–water partition coefficient (Wildman–Crippen LogP) is 5.64. The van der Waals surface area contributed by atoms with E-state index in [0.717, 1.165) is 25.3 Å². The fourth-order valence-electron chi connectivity index (χ4n) is 1.91. The quantitative estimate of drug-likeness (QED) is 0.612. The molecule has 20 heavy (non-hydrogen) atoms. The molecule has 0 aromatic carbocycles. The maximum absolute atomic E-state index is 12.8. The van der Waals surface area contributed by atoms with Gasteiger partial charge in [0.1, 0.15) is 5.82 Å². The van der Waals surface area contributed by atoms with Crippen molar-refractivity contribution < 1.29 is 13.2 Å². The van der Waals surface area contributed by atoms with E-state index in [0.29, 0.717) is 11.0 Å². The molecule has 6 heteroatoms. The molecule has 0 aliphatic carbocycles. The maximum Gasteiger partial charge on any atom is 0.419 e. The van der Waals surface area contributed by atoms with Crippen molar-refractivity contribution in [2.75, 3.05) is 11.9 Å². The van der Waals surface area contributed by atoms with E-state index in [4.69, 9.17) is 0 Å². The van der Waals surface area contributed by atoms with E-state index >= 15 is 0 Å². The normalized spacial score (nSPS) is 11.7. The van der Waals surface area contributed by atoms with Gasteiger partial charge in [-0.15, -0.1) is 0 Å². The summed E-state index contributed by atoms with van der Waals surface area (Å²) in [6, 6.07) is 1.05. The smallest absolute Gasteiger partial charge is 0.370 e. The summed E-state index contributed by atoms with van der Waals surface area (Å²) in [5.74, 6) is -0.0886. The number of rotatable bonds is 8. The van der Waals surface area contributed by atoms with Gasteiger partial charge in [-0.1, -0.05) is 39.0 Å². The Morgan fingerprint density at radius 3 is 2.45 bits per heavy atom. The third-order valence-corrected chi connectivity index (χ3v) is 3.42. The van der Waals surface area contributed by atoms with E-state index in [1.54, 1.807) is 0 Å². The molecule has 0 amide bonds. The molecule has 0 aliphatic heterocycles. The Kier molecular flexibility index (Phi) is 7.34. The summed E-state index contributed by atoms with van der Waals surface area (Å²) in [7, 11) is 0. The van der Waals surface area contributed by atoms with E-state index in [2.05, 4.69) is 33.2 Å². The van der Waals surface area contributed by atoms with Gasteiger partial charge in [0.15, 0.2) is 0 Å².